The molecule has 36 heavy (non-hydrogen) atoms. The summed E-state index contributed by atoms with van der Waals surface area (Å²) in [4.78, 5) is 41.4. The summed E-state index contributed by atoms with van der Waals surface area (Å²) in [5.41, 5.74) is 1.69. The van der Waals surface area contributed by atoms with Gasteiger partial charge in [-0.05, 0) is 74.1 Å². The number of carbonyl (C=O) groups is 3. The standard InChI is InChI=1S/C28H24N2O5S/c1-19(2)35-25(31)18-34-23-15-13-20(14-16-23)17-24-26(32)29(21-9-5-3-6-10-21)28(36)30(27(24)33)22-11-7-4-8-12-22/h3-17,19H,18H2,1-2H3. The van der Waals surface area contributed by atoms with Gasteiger partial charge in [-0.1, -0.05) is 48.5 Å². The number of esters is 1. The van der Waals surface area contributed by atoms with Gasteiger partial charge in [-0.3, -0.25) is 19.4 Å². The number of rotatable bonds is 7. The molecule has 1 aliphatic heterocycles. The summed E-state index contributed by atoms with van der Waals surface area (Å²) in [5.74, 6) is -1.04. The van der Waals surface area contributed by atoms with E-state index in [1.54, 1.807) is 86.6 Å². The highest BCUT2D eigenvalue weighted by Crippen LogP contribution is 2.30. The largest absolute Gasteiger partial charge is 0.482 e. The summed E-state index contributed by atoms with van der Waals surface area (Å²) >= 11 is 5.61. The Kier molecular flexibility index (Phi) is 7.56. The number of ether oxygens (including phenoxy) is 2. The summed E-state index contributed by atoms with van der Waals surface area (Å²) in [6.07, 6.45) is 1.30. The number of hydrogen-bond acceptors (Lipinski definition) is 6. The van der Waals surface area contributed by atoms with E-state index >= 15 is 0 Å². The zero-order chi connectivity index (χ0) is 25.7. The van der Waals surface area contributed by atoms with E-state index in [1.807, 2.05) is 12.1 Å². The summed E-state index contributed by atoms with van der Waals surface area (Å²) in [7, 11) is 0. The molecule has 0 atom stereocenters. The number of nitrogens with zero attached hydrogens (tertiary/aromatic N) is 2. The Bertz CT molecular complexity index is 1240. The highest BCUT2D eigenvalue weighted by atomic mass is 32.1. The first-order chi connectivity index (χ1) is 17.3. The number of anilines is 2. The molecule has 2 amide bonds. The second-order valence-corrected chi connectivity index (χ2v) is 8.55. The Morgan fingerprint density at radius 2 is 1.33 bits per heavy atom. The van der Waals surface area contributed by atoms with Gasteiger partial charge >= 0.3 is 5.97 Å². The van der Waals surface area contributed by atoms with Crippen LogP contribution in [0.5, 0.6) is 5.75 Å². The van der Waals surface area contributed by atoms with Gasteiger partial charge in [-0.25, -0.2) is 4.79 Å². The Balaban J connectivity index is 1.64. The molecule has 7 nitrogen and oxygen atoms in total. The van der Waals surface area contributed by atoms with Crippen LogP contribution < -0.4 is 14.5 Å². The fourth-order valence-corrected chi connectivity index (χ4v) is 3.98. The lowest BCUT2D eigenvalue weighted by Gasteiger charge is -2.36. The van der Waals surface area contributed by atoms with E-state index in [9.17, 15) is 14.4 Å². The highest BCUT2D eigenvalue weighted by molar-refractivity contribution is 7.81. The van der Waals surface area contributed by atoms with Gasteiger partial charge in [-0.2, -0.15) is 0 Å². The smallest absolute Gasteiger partial charge is 0.344 e. The number of carbonyl (C=O) groups excluding carboxylic acids is 3. The molecule has 0 N–H and O–H groups in total. The van der Waals surface area contributed by atoms with Crippen molar-refractivity contribution in [2.24, 2.45) is 0 Å². The molecular formula is C28H24N2O5S. The molecule has 1 heterocycles. The fourth-order valence-electron chi connectivity index (χ4n) is 3.61. The van der Waals surface area contributed by atoms with Gasteiger partial charge < -0.3 is 9.47 Å². The summed E-state index contributed by atoms with van der Waals surface area (Å²) < 4.78 is 10.5. The van der Waals surface area contributed by atoms with Crippen LogP contribution in [0, 0.1) is 0 Å². The van der Waals surface area contributed by atoms with E-state index in [1.165, 1.54) is 15.9 Å². The molecular weight excluding hydrogens is 476 g/mol. The van der Waals surface area contributed by atoms with Crippen LogP contribution >= 0.6 is 12.2 Å². The molecule has 0 spiro atoms. The molecule has 1 fully saturated rings. The monoisotopic (exact) mass is 500 g/mol. The van der Waals surface area contributed by atoms with Crippen LogP contribution in [0.2, 0.25) is 0 Å². The van der Waals surface area contributed by atoms with Gasteiger partial charge in [0.25, 0.3) is 11.8 Å². The molecule has 8 heteroatoms. The van der Waals surface area contributed by atoms with Gasteiger partial charge in [0.05, 0.1) is 17.5 Å². The topological polar surface area (TPSA) is 76.2 Å². The molecule has 0 radical (unpaired) electrons. The second kappa shape index (κ2) is 11.0. The van der Waals surface area contributed by atoms with Crippen molar-refractivity contribution >= 4 is 52.6 Å². The number of para-hydroxylation sites is 2. The third-order valence-corrected chi connectivity index (χ3v) is 5.56. The first-order valence-electron chi connectivity index (χ1n) is 11.3. The Hall–Kier alpha value is -4.30. The van der Waals surface area contributed by atoms with E-state index in [4.69, 9.17) is 21.7 Å². The van der Waals surface area contributed by atoms with Gasteiger partial charge in [0.2, 0.25) is 0 Å². The van der Waals surface area contributed by atoms with Crippen LogP contribution in [-0.4, -0.2) is 35.6 Å². The molecule has 1 aliphatic rings. The van der Waals surface area contributed by atoms with Crippen LogP contribution in [0.4, 0.5) is 11.4 Å². The molecule has 0 saturated carbocycles. The Morgan fingerprint density at radius 3 is 1.81 bits per heavy atom. The minimum absolute atomic E-state index is 0.0366. The van der Waals surface area contributed by atoms with Gasteiger partial charge in [0.15, 0.2) is 11.7 Å². The lowest BCUT2D eigenvalue weighted by molar-refractivity contribution is -0.149. The summed E-state index contributed by atoms with van der Waals surface area (Å²) in [5, 5.41) is 0.0802. The maximum atomic E-state index is 13.5. The second-order valence-electron chi connectivity index (χ2n) is 8.19. The zero-order valence-electron chi connectivity index (χ0n) is 19.8. The van der Waals surface area contributed by atoms with Crippen LogP contribution in [0.3, 0.4) is 0 Å². The predicted molar refractivity (Wildman–Crippen MR) is 142 cm³/mol. The maximum Gasteiger partial charge on any atom is 0.344 e. The molecule has 3 aromatic carbocycles. The molecule has 0 aromatic heterocycles. The predicted octanol–water partition coefficient (Wildman–Crippen LogP) is 4.77. The minimum Gasteiger partial charge on any atom is -0.482 e. The highest BCUT2D eigenvalue weighted by Gasteiger charge is 2.41. The molecule has 0 unspecified atom stereocenters. The Labute approximate surface area is 214 Å². The van der Waals surface area contributed by atoms with Crippen molar-refractivity contribution in [2.45, 2.75) is 20.0 Å². The van der Waals surface area contributed by atoms with Crippen LogP contribution in [0.25, 0.3) is 6.08 Å². The quantitative estimate of drug-likeness (QED) is 0.201. The molecule has 0 aliphatic carbocycles. The third-order valence-electron chi connectivity index (χ3n) is 5.19. The lowest BCUT2D eigenvalue weighted by Crippen LogP contribution is -2.56. The maximum absolute atomic E-state index is 13.5. The van der Waals surface area contributed by atoms with Gasteiger partial charge in [-0.15, -0.1) is 0 Å². The lowest BCUT2D eigenvalue weighted by atomic mass is 10.0. The van der Waals surface area contributed by atoms with E-state index in [0.717, 1.165) is 0 Å². The van der Waals surface area contributed by atoms with Crippen LogP contribution in [0.1, 0.15) is 19.4 Å². The first kappa shape index (κ1) is 24.8. The number of amides is 2. The van der Waals surface area contributed by atoms with Crippen molar-refractivity contribution in [2.75, 3.05) is 16.4 Å². The molecule has 0 bridgehead atoms. The van der Waals surface area contributed by atoms with Crippen LogP contribution in [0.15, 0.2) is 90.5 Å². The first-order valence-corrected chi connectivity index (χ1v) is 11.7. The number of benzene rings is 3. The third kappa shape index (κ3) is 5.50. The summed E-state index contributed by atoms with van der Waals surface area (Å²) in [6.45, 7) is 3.31. The molecule has 1 saturated heterocycles. The molecule has 4 rings (SSSR count). The average molecular weight is 501 g/mol. The van der Waals surface area contributed by atoms with E-state index < -0.39 is 17.8 Å². The van der Waals surface area contributed by atoms with Crippen molar-refractivity contribution in [3.05, 3.63) is 96.1 Å². The molecule has 3 aromatic rings. The van der Waals surface area contributed by atoms with Crippen molar-refractivity contribution in [1.82, 2.24) is 0 Å². The SMILES string of the molecule is CC(C)OC(=O)COc1ccc(C=C2C(=O)N(c3ccccc3)C(=S)N(c3ccccc3)C2=O)cc1. The fraction of sp³-hybridized carbons (Fsp3) is 0.143. The molecule has 182 valence electrons. The van der Waals surface area contributed by atoms with Gasteiger partial charge in [0.1, 0.15) is 11.3 Å². The Morgan fingerprint density at radius 1 is 0.833 bits per heavy atom. The number of thiocarbonyl (C=S) groups is 1. The van der Waals surface area contributed by atoms with Gasteiger partial charge in [0, 0.05) is 0 Å². The van der Waals surface area contributed by atoms with Crippen molar-refractivity contribution < 1.29 is 23.9 Å². The minimum atomic E-state index is -0.514. The van der Waals surface area contributed by atoms with Crippen molar-refractivity contribution in [3.8, 4) is 5.75 Å². The van der Waals surface area contributed by atoms with E-state index in [2.05, 4.69) is 0 Å². The normalized spacial score (nSPS) is 13.8. The van der Waals surface area contributed by atoms with Crippen LogP contribution in [-0.2, 0) is 19.1 Å². The zero-order valence-corrected chi connectivity index (χ0v) is 20.6. The average Bonchev–Trinajstić information content (AvgIpc) is 2.87. The van der Waals surface area contributed by atoms with Crippen molar-refractivity contribution in [3.63, 3.8) is 0 Å². The van der Waals surface area contributed by atoms with Crippen molar-refractivity contribution in [1.29, 1.82) is 0 Å². The van der Waals surface area contributed by atoms with E-state index in [0.29, 0.717) is 22.7 Å². The summed E-state index contributed by atoms with van der Waals surface area (Å²) in [6, 6.07) is 24.6. The van der Waals surface area contributed by atoms with E-state index in [-0.39, 0.29) is 23.4 Å². The number of hydrogen-bond donors (Lipinski definition) is 0.